The van der Waals surface area contributed by atoms with Gasteiger partial charge in [0, 0.05) is 25.0 Å². The smallest absolute Gasteiger partial charge is 0.227 e. The summed E-state index contributed by atoms with van der Waals surface area (Å²) >= 11 is 0. The van der Waals surface area contributed by atoms with Crippen LogP contribution in [-0.2, 0) is 18.4 Å². The maximum Gasteiger partial charge on any atom is 0.227 e. The van der Waals surface area contributed by atoms with E-state index in [4.69, 9.17) is 5.73 Å². The molecule has 0 aliphatic rings. The number of nitrogens with zero attached hydrogens (tertiary/aromatic N) is 1. The number of carbonyl (C=O) groups is 1. The minimum Gasteiger partial charge on any atom is -0.350 e. The highest BCUT2D eigenvalue weighted by atomic mass is 16.2. The first-order chi connectivity index (χ1) is 7.94. The zero-order chi connectivity index (χ0) is 13.1. The van der Waals surface area contributed by atoms with Crippen LogP contribution in [0.2, 0.25) is 0 Å². The predicted molar refractivity (Wildman–Crippen MR) is 69.4 cm³/mol. The van der Waals surface area contributed by atoms with Crippen molar-refractivity contribution in [2.75, 3.05) is 6.54 Å². The van der Waals surface area contributed by atoms with Gasteiger partial charge in [-0.25, -0.2) is 0 Å². The number of aromatic nitrogens is 1. The molecule has 17 heavy (non-hydrogen) atoms. The molecule has 4 nitrogen and oxygen atoms in total. The molecule has 0 fully saturated rings. The normalized spacial score (nSPS) is 14.4. The molecule has 1 atom stereocenters. The van der Waals surface area contributed by atoms with Crippen LogP contribution in [0.5, 0.6) is 0 Å². The van der Waals surface area contributed by atoms with Crippen LogP contribution in [0.1, 0.15) is 31.7 Å². The lowest BCUT2D eigenvalue weighted by Crippen LogP contribution is -2.43. The van der Waals surface area contributed by atoms with Gasteiger partial charge in [-0.15, -0.1) is 0 Å². The number of aryl methyl sites for hydroxylation is 1. The first-order valence-corrected chi connectivity index (χ1v) is 6.04. The van der Waals surface area contributed by atoms with E-state index in [9.17, 15) is 4.79 Å². The number of hydrogen-bond acceptors (Lipinski definition) is 2. The van der Waals surface area contributed by atoms with Crippen LogP contribution in [0.3, 0.4) is 0 Å². The van der Waals surface area contributed by atoms with Crippen molar-refractivity contribution in [3.05, 3.63) is 23.5 Å². The van der Waals surface area contributed by atoms with E-state index in [1.54, 1.807) is 0 Å². The van der Waals surface area contributed by atoms with Crippen molar-refractivity contribution in [2.45, 2.75) is 33.7 Å². The zero-order valence-electron chi connectivity index (χ0n) is 11.2. The van der Waals surface area contributed by atoms with Crippen LogP contribution in [0, 0.1) is 12.3 Å². The molecule has 0 spiro atoms. The minimum atomic E-state index is -0.458. The molecule has 0 bridgehead atoms. The van der Waals surface area contributed by atoms with E-state index in [1.807, 2.05) is 40.0 Å². The van der Waals surface area contributed by atoms with Crippen LogP contribution >= 0.6 is 0 Å². The molecule has 1 aromatic heterocycles. The first-order valence-electron chi connectivity index (χ1n) is 6.04. The Morgan fingerprint density at radius 3 is 2.59 bits per heavy atom. The Balaban J connectivity index is 2.63. The van der Waals surface area contributed by atoms with Gasteiger partial charge >= 0.3 is 0 Å². The number of carbonyl (C=O) groups excluding carboxylic acids is 1. The van der Waals surface area contributed by atoms with E-state index in [-0.39, 0.29) is 5.91 Å². The average Bonchev–Trinajstić information content (AvgIpc) is 2.66. The Morgan fingerprint density at radius 2 is 2.18 bits per heavy atom. The van der Waals surface area contributed by atoms with Gasteiger partial charge in [-0.1, -0.05) is 6.92 Å². The van der Waals surface area contributed by atoms with Crippen LogP contribution in [0.15, 0.2) is 12.1 Å². The highest BCUT2D eigenvalue weighted by Gasteiger charge is 2.29. The summed E-state index contributed by atoms with van der Waals surface area (Å²) < 4.78 is 2.08. The summed E-state index contributed by atoms with van der Waals surface area (Å²) in [5.41, 5.74) is 7.49. The molecular formula is C13H23N3O. The van der Waals surface area contributed by atoms with Crippen molar-refractivity contribution in [3.63, 3.8) is 0 Å². The Bertz CT molecular complexity index is 391. The third-order valence-corrected chi connectivity index (χ3v) is 3.69. The van der Waals surface area contributed by atoms with Crippen LogP contribution < -0.4 is 11.1 Å². The van der Waals surface area contributed by atoms with Gasteiger partial charge in [-0.05, 0) is 32.4 Å². The van der Waals surface area contributed by atoms with Gasteiger partial charge in [0.15, 0.2) is 0 Å². The second-order valence-corrected chi connectivity index (χ2v) is 4.83. The molecule has 1 amide bonds. The van der Waals surface area contributed by atoms with Crippen molar-refractivity contribution >= 4 is 5.91 Å². The second kappa shape index (κ2) is 5.36. The number of nitrogens with one attached hydrogen (secondary N) is 1. The quantitative estimate of drug-likeness (QED) is 0.811. The molecule has 1 rings (SSSR count). The summed E-state index contributed by atoms with van der Waals surface area (Å²) in [5, 5.41) is 2.96. The fourth-order valence-electron chi connectivity index (χ4n) is 1.63. The van der Waals surface area contributed by atoms with E-state index in [2.05, 4.69) is 9.88 Å². The summed E-state index contributed by atoms with van der Waals surface area (Å²) in [6.45, 7) is 6.86. The molecule has 0 aliphatic heterocycles. The fourth-order valence-corrected chi connectivity index (χ4v) is 1.63. The number of nitrogens with two attached hydrogens (primary N) is 1. The zero-order valence-corrected chi connectivity index (χ0v) is 11.2. The maximum absolute atomic E-state index is 12.0. The van der Waals surface area contributed by atoms with Gasteiger partial charge in [-0.3, -0.25) is 4.79 Å². The van der Waals surface area contributed by atoms with Crippen LogP contribution in [0.4, 0.5) is 0 Å². The van der Waals surface area contributed by atoms with Gasteiger partial charge in [0.05, 0.1) is 12.0 Å². The summed E-state index contributed by atoms with van der Waals surface area (Å²) in [4.78, 5) is 12.0. The Morgan fingerprint density at radius 1 is 1.53 bits per heavy atom. The molecule has 0 aromatic carbocycles. The molecule has 1 unspecified atom stereocenters. The minimum absolute atomic E-state index is 0.0290. The number of amides is 1. The Kier molecular flexibility index (Phi) is 4.34. The van der Waals surface area contributed by atoms with E-state index in [1.165, 1.54) is 5.69 Å². The lowest BCUT2D eigenvalue weighted by atomic mass is 9.87. The Labute approximate surface area is 103 Å². The predicted octanol–water partition coefficient (Wildman–Crippen LogP) is 1.32. The second-order valence-electron chi connectivity index (χ2n) is 4.83. The highest BCUT2D eigenvalue weighted by Crippen LogP contribution is 2.19. The largest absolute Gasteiger partial charge is 0.350 e. The first kappa shape index (κ1) is 13.8. The summed E-state index contributed by atoms with van der Waals surface area (Å²) in [5.74, 6) is 0.0290. The molecule has 1 heterocycles. The van der Waals surface area contributed by atoms with E-state index in [0.29, 0.717) is 13.1 Å². The van der Waals surface area contributed by atoms with Crippen molar-refractivity contribution in [3.8, 4) is 0 Å². The lowest BCUT2D eigenvalue weighted by Gasteiger charge is -2.25. The molecule has 0 saturated heterocycles. The van der Waals surface area contributed by atoms with Crippen molar-refractivity contribution in [1.82, 2.24) is 9.88 Å². The van der Waals surface area contributed by atoms with Crippen LogP contribution in [0.25, 0.3) is 0 Å². The van der Waals surface area contributed by atoms with Crippen molar-refractivity contribution < 1.29 is 4.79 Å². The molecule has 0 aliphatic carbocycles. The highest BCUT2D eigenvalue weighted by molar-refractivity contribution is 5.82. The SMILES string of the molecule is CCC(C)(CN)C(=O)NCc1ccc(C)n1C. The lowest BCUT2D eigenvalue weighted by molar-refractivity contribution is -0.130. The topological polar surface area (TPSA) is 60.1 Å². The van der Waals surface area contributed by atoms with Crippen LogP contribution in [-0.4, -0.2) is 17.0 Å². The standard InChI is InChI=1S/C13H23N3O/c1-5-13(3,9-14)12(17)15-8-11-7-6-10(2)16(11)4/h6-7H,5,8-9,14H2,1-4H3,(H,15,17). The number of hydrogen-bond donors (Lipinski definition) is 2. The molecule has 96 valence electrons. The van der Waals surface area contributed by atoms with Gasteiger partial charge < -0.3 is 15.6 Å². The maximum atomic E-state index is 12.0. The summed E-state index contributed by atoms with van der Waals surface area (Å²) in [7, 11) is 2.00. The van der Waals surface area contributed by atoms with Gasteiger partial charge in [-0.2, -0.15) is 0 Å². The molecule has 1 aromatic rings. The van der Waals surface area contributed by atoms with E-state index >= 15 is 0 Å². The van der Waals surface area contributed by atoms with E-state index in [0.717, 1.165) is 12.1 Å². The summed E-state index contributed by atoms with van der Waals surface area (Å²) in [6.07, 6.45) is 0.751. The Hall–Kier alpha value is -1.29. The van der Waals surface area contributed by atoms with Gasteiger partial charge in [0.25, 0.3) is 0 Å². The summed E-state index contributed by atoms with van der Waals surface area (Å²) in [6, 6.07) is 4.07. The third-order valence-electron chi connectivity index (χ3n) is 3.69. The van der Waals surface area contributed by atoms with E-state index < -0.39 is 5.41 Å². The van der Waals surface area contributed by atoms with Gasteiger partial charge in [0.1, 0.15) is 0 Å². The molecule has 0 radical (unpaired) electrons. The number of rotatable bonds is 5. The average molecular weight is 237 g/mol. The fraction of sp³-hybridized carbons (Fsp3) is 0.615. The molecule has 0 saturated carbocycles. The third kappa shape index (κ3) is 2.88. The molecule has 3 N–H and O–H groups in total. The molecule has 4 heteroatoms. The van der Waals surface area contributed by atoms with Gasteiger partial charge in [0.2, 0.25) is 5.91 Å². The molecular weight excluding hydrogens is 214 g/mol. The monoisotopic (exact) mass is 237 g/mol. The van der Waals surface area contributed by atoms with Crippen molar-refractivity contribution in [1.29, 1.82) is 0 Å². The van der Waals surface area contributed by atoms with Crippen molar-refractivity contribution in [2.24, 2.45) is 18.2 Å².